The zero-order valence-corrected chi connectivity index (χ0v) is 12.7. The number of amides is 2. The highest BCUT2D eigenvalue weighted by atomic mass is 16.4. The Morgan fingerprint density at radius 3 is 2.71 bits per heavy atom. The number of aromatic carboxylic acids is 1. The normalized spacial score (nSPS) is 10.5. The maximum atomic E-state index is 12.3. The van der Waals surface area contributed by atoms with Crippen molar-refractivity contribution in [2.75, 3.05) is 10.6 Å². The van der Waals surface area contributed by atoms with Gasteiger partial charge in [0.25, 0.3) is 5.91 Å². The van der Waals surface area contributed by atoms with Crippen LogP contribution in [0.4, 0.5) is 11.4 Å². The van der Waals surface area contributed by atoms with Gasteiger partial charge < -0.3 is 25.3 Å². The summed E-state index contributed by atoms with van der Waals surface area (Å²) in [7, 11) is 1.69. The number of aromatic amines is 1. The summed E-state index contributed by atoms with van der Waals surface area (Å²) < 4.78 is 1.59. The molecule has 0 aliphatic carbocycles. The Kier molecular flexibility index (Phi) is 3.78. The second-order valence-corrected chi connectivity index (χ2v) is 5.23. The molecule has 4 N–H and O–H groups in total. The lowest BCUT2D eigenvalue weighted by atomic mass is 10.2. The van der Waals surface area contributed by atoms with Crippen molar-refractivity contribution in [3.8, 4) is 0 Å². The van der Waals surface area contributed by atoms with Crippen molar-refractivity contribution in [2.45, 2.75) is 0 Å². The summed E-state index contributed by atoms with van der Waals surface area (Å²) in [5.41, 5.74) is 2.11. The molecular weight excluding hydrogens is 312 g/mol. The average molecular weight is 326 g/mol. The summed E-state index contributed by atoms with van der Waals surface area (Å²) in [6.45, 7) is 0. The van der Waals surface area contributed by atoms with Crippen LogP contribution in [0.25, 0.3) is 10.9 Å². The van der Waals surface area contributed by atoms with E-state index in [-0.39, 0.29) is 11.6 Å². The second kappa shape index (κ2) is 5.92. The molecule has 8 nitrogen and oxygen atoms in total. The summed E-state index contributed by atoms with van der Waals surface area (Å²) in [4.78, 5) is 36.6. The molecule has 3 rings (SSSR count). The minimum atomic E-state index is -1.05. The van der Waals surface area contributed by atoms with Gasteiger partial charge in [-0.25, -0.2) is 4.79 Å². The van der Waals surface area contributed by atoms with E-state index in [1.54, 1.807) is 42.1 Å². The Labute approximate surface area is 136 Å². The number of carboxylic acids is 1. The lowest BCUT2D eigenvalue weighted by Gasteiger charge is -2.06. The van der Waals surface area contributed by atoms with Gasteiger partial charge >= 0.3 is 5.97 Å². The molecule has 0 bridgehead atoms. The number of carboxylic acid groups (broad SMARTS) is 1. The minimum Gasteiger partial charge on any atom is -0.477 e. The Morgan fingerprint density at radius 1 is 1.21 bits per heavy atom. The predicted molar refractivity (Wildman–Crippen MR) is 88.3 cm³/mol. The molecule has 0 spiro atoms. The topological polar surface area (TPSA) is 116 Å². The third-order valence-electron chi connectivity index (χ3n) is 3.57. The second-order valence-electron chi connectivity index (χ2n) is 5.23. The molecule has 8 heteroatoms. The van der Waals surface area contributed by atoms with Gasteiger partial charge in [0, 0.05) is 29.8 Å². The first kappa shape index (κ1) is 15.3. The molecule has 122 valence electrons. The smallest absolute Gasteiger partial charge is 0.352 e. The highest BCUT2D eigenvalue weighted by Crippen LogP contribution is 2.21. The van der Waals surface area contributed by atoms with Crippen LogP contribution in [0, 0.1) is 0 Å². The molecule has 24 heavy (non-hydrogen) atoms. The standard InChI is InChI=1S/C16H14N4O4/c1-20-7-11(17-8-21)6-14(20)15(22)18-10-3-2-9-4-13(16(23)24)19-12(9)5-10/h2-8,19H,1H3,(H,17,21)(H,18,22)(H,23,24). The minimum absolute atomic E-state index is 0.0838. The van der Waals surface area contributed by atoms with Crippen LogP contribution in [0.2, 0.25) is 0 Å². The first-order chi connectivity index (χ1) is 11.5. The third kappa shape index (κ3) is 2.84. The van der Waals surface area contributed by atoms with E-state index in [2.05, 4.69) is 15.6 Å². The van der Waals surface area contributed by atoms with E-state index >= 15 is 0 Å². The number of carbonyl (C=O) groups is 3. The molecule has 0 atom stereocenters. The summed E-state index contributed by atoms with van der Waals surface area (Å²) in [5.74, 6) is -1.39. The Morgan fingerprint density at radius 2 is 2.00 bits per heavy atom. The zero-order valence-electron chi connectivity index (χ0n) is 12.7. The summed E-state index contributed by atoms with van der Waals surface area (Å²) in [6.07, 6.45) is 2.16. The fourth-order valence-corrected chi connectivity index (χ4v) is 2.45. The molecule has 0 aliphatic heterocycles. The van der Waals surface area contributed by atoms with Gasteiger partial charge in [0.1, 0.15) is 11.4 Å². The van der Waals surface area contributed by atoms with Crippen molar-refractivity contribution < 1.29 is 19.5 Å². The fourth-order valence-electron chi connectivity index (χ4n) is 2.45. The van der Waals surface area contributed by atoms with E-state index in [0.29, 0.717) is 29.0 Å². The Balaban J connectivity index is 1.84. The SMILES string of the molecule is Cn1cc(NC=O)cc1C(=O)Nc1ccc2cc(C(=O)O)[nH]c2c1. The van der Waals surface area contributed by atoms with Crippen LogP contribution in [-0.4, -0.2) is 32.9 Å². The van der Waals surface area contributed by atoms with Gasteiger partial charge in [-0.1, -0.05) is 6.07 Å². The largest absolute Gasteiger partial charge is 0.477 e. The number of fused-ring (bicyclic) bond motifs is 1. The lowest BCUT2D eigenvalue weighted by molar-refractivity contribution is -0.105. The van der Waals surface area contributed by atoms with E-state index in [1.165, 1.54) is 6.07 Å². The molecule has 3 aromatic rings. The number of nitrogens with one attached hydrogen (secondary N) is 3. The third-order valence-corrected chi connectivity index (χ3v) is 3.57. The van der Waals surface area contributed by atoms with E-state index in [1.807, 2.05) is 0 Å². The van der Waals surface area contributed by atoms with E-state index in [0.717, 1.165) is 5.39 Å². The first-order valence-electron chi connectivity index (χ1n) is 7.02. The van der Waals surface area contributed by atoms with Crippen LogP contribution < -0.4 is 10.6 Å². The van der Waals surface area contributed by atoms with Crippen molar-refractivity contribution in [3.05, 3.63) is 47.9 Å². The predicted octanol–water partition coefficient (Wildman–Crippen LogP) is 2.03. The maximum Gasteiger partial charge on any atom is 0.352 e. The van der Waals surface area contributed by atoms with Crippen LogP contribution in [0.15, 0.2) is 36.5 Å². The number of anilines is 2. The van der Waals surface area contributed by atoms with Crippen molar-refractivity contribution in [3.63, 3.8) is 0 Å². The molecule has 0 fully saturated rings. The number of carbonyl (C=O) groups excluding carboxylic acids is 2. The molecule has 0 aliphatic rings. The van der Waals surface area contributed by atoms with Crippen molar-refractivity contribution in [2.24, 2.45) is 7.05 Å². The average Bonchev–Trinajstić information content (AvgIpc) is 3.10. The number of hydrogen-bond donors (Lipinski definition) is 4. The molecule has 1 aromatic carbocycles. The molecule has 0 radical (unpaired) electrons. The summed E-state index contributed by atoms with van der Waals surface area (Å²) in [5, 5.41) is 15.0. The van der Waals surface area contributed by atoms with E-state index in [4.69, 9.17) is 5.11 Å². The van der Waals surface area contributed by atoms with Crippen molar-refractivity contribution >= 4 is 40.6 Å². The van der Waals surface area contributed by atoms with Crippen molar-refractivity contribution in [1.82, 2.24) is 9.55 Å². The number of hydrogen-bond acceptors (Lipinski definition) is 3. The molecule has 0 unspecified atom stereocenters. The van der Waals surface area contributed by atoms with Crippen LogP contribution in [0.1, 0.15) is 21.0 Å². The first-order valence-corrected chi connectivity index (χ1v) is 7.02. The van der Waals surface area contributed by atoms with Gasteiger partial charge in [-0.3, -0.25) is 9.59 Å². The van der Waals surface area contributed by atoms with Gasteiger partial charge in [-0.2, -0.15) is 0 Å². The van der Waals surface area contributed by atoms with Crippen molar-refractivity contribution in [1.29, 1.82) is 0 Å². The van der Waals surface area contributed by atoms with Crippen LogP contribution in [0.3, 0.4) is 0 Å². The molecule has 0 saturated carbocycles. The van der Waals surface area contributed by atoms with Gasteiger partial charge in [0.05, 0.1) is 5.69 Å². The number of aryl methyl sites for hydroxylation is 1. The summed E-state index contributed by atoms with van der Waals surface area (Å²) >= 11 is 0. The number of aromatic nitrogens is 2. The number of benzene rings is 1. The van der Waals surface area contributed by atoms with Gasteiger partial charge in [-0.05, 0) is 24.3 Å². The molecular formula is C16H14N4O4. The Bertz CT molecular complexity index is 954. The van der Waals surface area contributed by atoms with E-state index in [9.17, 15) is 14.4 Å². The van der Waals surface area contributed by atoms with E-state index < -0.39 is 5.97 Å². The van der Waals surface area contributed by atoms with Crippen LogP contribution in [0.5, 0.6) is 0 Å². The molecule has 2 aromatic heterocycles. The fraction of sp³-hybridized carbons (Fsp3) is 0.0625. The number of rotatable bonds is 5. The molecule has 0 saturated heterocycles. The van der Waals surface area contributed by atoms with Crippen LogP contribution >= 0.6 is 0 Å². The lowest BCUT2D eigenvalue weighted by Crippen LogP contribution is -2.15. The van der Waals surface area contributed by atoms with Crippen LogP contribution in [-0.2, 0) is 11.8 Å². The highest BCUT2D eigenvalue weighted by Gasteiger charge is 2.13. The molecule has 2 heterocycles. The maximum absolute atomic E-state index is 12.3. The number of H-pyrrole nitrogens is 1. The quantitative estimate of drug-likeness (QED) is 0.537. The summed E-state index contributed by atoms with van der Waals surface area (Å²) in [6, 6.07) is 8.15. The monoisotopic (exact) mass is 326 g/mol. The zero-order chi connectivity index (χ0) is 17.3. The van der Waals surface area contributed by atoms with Gasteiger partial charge in [-0.15, -0.1) is 0 Å². The highest BCUT2D eigenvalue weighted by molar-refractivity contribution is 6.05. The number of nitrogens with zero attached hydrogens (tertiary/aromatic N) is 1. The Hall–Kier alpha value is -3.55. The van der Waals surface area contributed by atoms with Gasteiger partial charge in [0.15, 0.2) is 0 Å². The van der Waals surface area contributed by atoms with Gasteiger partial charge in [0.2, 0.25) is 6.41 Å². The molecule has 2 amide bonds.